The zero-order valence-corrected chi connectivity index (χ0v) is 7.88. The maximum Gasteiger partial charge on any atom is 0.450 e. The van der Waals surface area contributed by atoms with E-state index in [1.807, 2.05) is 20.8 Å². The summed E-state index contributed by atoms with van der Waals surface area (Å²) in [6, 6.07) is 0. The average molecular weight is 187 g/mol. The number of nitrogens with zero attached hydrogens (tertiary/aromatic N) is 3. The zero-order valence-electron chi connectivity index (χ0n) is 7.07. The summed E-state index contributed by atoms with van der Waals surface area (Å²) in [5.74, 6) is 0. The van der Waals surface area contributed by atoms with Gasteiger partial charge >= 0.3 is 5.13 Å². The SMILES string of the molecule is CC(C)(C)c1nnc([N+](=O)[O-])s1. The van der Waals surface area contributed by atoms with Crippen LogP contribution in [0.1, 0.15) is 25.8 Å². The first kappa shape index (κ1) is 9.05. The summed E-state index contributed by atoms with van der Waals surface area (Å²) in [6.45, 7) is 5.83. The largest absolute Gasteiger partial charge is 0.450 e. The molecule has 0 saturated carbocycles. The van der Waals surface area contributed by atoms with Crippen molar-refractivity contribution in [1.82, 2.24) is 10.2 Å². The Hall–Kier alpha value is -1.04. The maximum atomic E-state index is 10.3. The smallest absolute Gasteiger partial charge is 0.357 e. The first-order valence-electron chi connectivity index (χ1n) is 3.39. The van der Waals surface area contributed by atoms with Gasteiger partial charge in [0.2, 0.25) is 0 Å². The molecule has 5 nitrogen and oxygen atoms in total. The van der Waals surface area contributed by atoms with E-state index in [2.05, 4.69) is 10.2 Å². The molecule has 0 aliphatic heterocycles. The van der Waals surface area contributed by atoms with Gasteiger partial charge in [-0.2, -0.15) is 0 Å². The van der Waals surface area contributed by atoms with Crippen molar-refractivity contribution in [2.24, 2.45) is 0 Å². The number of rotatable bonds is 1. The molecular weight excluding hydrogens is 178 g/mol. The molecule has 12 heavy (non-hydrogen) atoms. The Balaban J connectivity index is 3.00. The highest BCUT2D eigenvalue weighted by atomic mass is 32.1. The predicted molar refractivity (Wildman–Crippen MR) is 45.3 cm³/mol. The second-order valence-electron chi connectivity index (χ2n) is 3.40. The van der Waals surface area contributed by atoms with Crippen LogP contribution in [-0.2, 0) is 5.41 Å². The summed E-state index contributed by atoms with van der Waals surface area (Å²) >= 11 is 1.03. The fraction of sp³-hybridized carbons (Fsp3) is 0.667. The molecule has 0 fully saturated rings. The van der Waals surface area contributed by atoms with Crippen molar-refractivity contribution in [3.05, 3.63) is 15.1 Å². The van der Waals surface area contributed by atoms with Gasteiger partial charge in [0.1, 0.15) is 0 Å². The Morgan fingerprint density at radius 2 is 2.00 bits per heavy atom. The van der Waals surface area contributed by atoms with Gasteiger partial charge in [-0.25, -0.2) is 0 Å². The lowest BCUT2D eigenvalue weighted by Crippen LogP contribution is -2.10. The van der Waals surface area contributed by atoms with Crippen molar-refractivity contribution >= 4 is 16.5 Å². The van der Waals surface area contributed by atoms with Gasteiger partial charge in [0.15, 0.2) is 5.01 Å². The highest BCUT2D eigenvalue weighted by molar-refractivity contribution is 7.14. The van der Waals surface area contributed by atoms with Crippen molar-refractivity contribution in [1.29, 1.82) is 0 Å². The van der Waals surface area contributed by atoms with Gasteiger partial charge in [0.05, 0.1) is 5.10 Å². The normalized spacial score (nSPS) is 11.6. The molecule has 0 N–H and O–H groups in total. The molecule has 0 bridgehead atoms. The minimum atomic E-state index is -0.521. The van der Waals surface area contributed by atoms with Crippen molar-refractivity contribution in [3.63, 3.8) is 0 Å². The Morgan fingerprint density at radius 1 is 1.42 bits per heavy atom. The Labute approximate surface area is 73.6 Å². The lowest BCUT2D eigenvalue weighted by Gasteiger charge is -2.10. The fourth-order valence-electron chi connectivity index (χ4n) is 0.592. The van der Waals surface area contributed by atoms with Crippen molar-refractivity contribution < 1.29 is 4.92 Å². The summed E-state index contributed by atoms with van der Waals surface area (Å²) in [5.41, 5.74) is -0.161. The number of hydrogen-bond donors (Lipinski definition) is 0. The van der Waals surface area contributed by atoms with Gasteiger partial charge in [-0.15, -0.1) is 0 Å². The molecule has 1 heterocycles. The molecule has 0 radical (unpaired) electrons. The summed E-state index contributed by atoms with van der Waals surface area (Å²) in [4.78, 5) is 9.73. The molecule has 1 aromatic heterocycles. The molecule has 0 saturated heterocycles. The van der Waals surface area contributed by atoms with Gasteiger partial charge < -0.3 is 10.1 Å². The minimum Gasteiger partial charge on any atom is -0.357 e. The third-order valence-electron chi connectivity index (χ3n) is 1.21. The van der Waals surface area contributed by atoms with Gasteiger partial charge in [0.25, 0.3) is 0 Å². The van der Waals surface area contributed by atoms with Crippen molar-refractivity contribution in [3.8, 4) is 0 Å². The van der Waals surface area contributed by atoms with E-state index in [4.69, 9.17) is 0 Å². The lowest BCUT2D eigenvalue weighted by molar-refractivity contribution is -0.385. The van der Waals surface area contributed by atoms with E-state index in [1.54, 1.807) is 0 Å². The Kier molecular flexibility index (Phi) is 2.10. The Bertz CT molecular complexity index is 302. The van der Waals surface area contributed by atoms with Crippen molar-refractivity contribution in [2.75, 3.05) is 0 Å². The van der Waals surface area contributed by atoms with E-state index < -0.39 is 4.92 Å². The lowest BCUT2D eigenvalue weighted by atomic mass is 9.98. The van der Waals surface area contributed by atoms with Gasteiger partial charge in [-0.3, -0.25) is 0 Å². The van der Waals surface area contributed by atoms with Crippen molar-refractivity contribution in [2.45, 2.75) is 26.2 Å². The van der Waals surface area contributed by atoms with Gasteiger partial charge in [-0.1, -0.05) is 20.8 Å². The number of hydrogen-bond acceptors (Lipinski definition) is 5. The van der Waals surface area contributed by atoms with Crippen LogP contribution >= 0.6 is 11.3 Å². The molecular formula is C6H9N3O2S. The van der Waals surface area contributed by atoms with E-state index >= 15 is 0 Å². The van der Waals surface area contributed by atoms with Crippen LogP contribution in [0.15, 0.2) is 0 Å². The molecule has 1 rings (SSSR count). The van der Waals surface area contributed by atoms with Crippen LogP contribution in [0.4, 0.5) is 5.13 Å². The van der Waals surface area contributed by atoms with E-state index in [-0.39, 0.29) is 10.5 Å². The molecule has 0 aliphatic rings. The number of nitro groups is 1. The zero-order chi connectivity index (χ0) is 9.35. The molecule has 1 aromatic rings. The molecule has 66 valence electrons. The van der Waals surface area contributed by atoms with Crippen LogP contribution < -0.4 is 0 Å². The molecule has 0 aliphatic carbocycles. The quantitative estimate of drug-likeness (QED) is 0.496. The van der Waals surface area contributed by atoms with Crippen LogP contribution in [-0.4, -0.2) is 15.1 Å². The second-order valence-corrected chi connectivity index (χ2v) is 4.35. The first-order valence-corrected chi connectivity index (χ1v) is 4.21. The standard InChI is InChI=1S/C6H9N3O2S/c1-6(2,3)4-7-8-5(12-4)9(10)11/h1-3H3. The summed E-state index contributed by atoms with van der Waals surface area (Å²) in [6.07, 6.45) is 0. The summed E-state index contributed by atoms with van der Waals surface area (Å²) < 4.78 is 0. The maximum absolute atomic E-state index is 10.3. The third kappa shape index (κ3) is 1.76. The molecule has 0 aromatic carbocycles. The first-order chi connectivity index (χ1) is 5.41. The van der Waals surface area contributed by atoms with Crippen LogP contribution in [0.3, 0.4) is 0 Å². The van der Waals surface area contributed by atoms with Gasteiger partial charge in [0, 0.05) is 5.41 Å². The highest BCUT2D eigenvalue weighted by Gasteiger charge is 2.24. The minimum absolute atomic E-state index is 0.139. The molecule has 6 heteroatoms. The topological polar surface area (TPSA) is 68.9 Å². The van der Waals surface area contributed by atoms with Crippen LogP contribution in [0.5, 0.6) is 0 Å². The van der Waals surface area contributed by atoms with Gasteiger partial charge in [-0.05, 0) is 21.4 Å². The second kappa shape index (κ2) is 2.78. The highest BCUT2D eigenvalue weighted by Crippen LogP contribution is 2.28. The molecule has 0 amide bonds. The monoisotopic (exact) mass is 187 g/mol. The number of aromatic nitrogens is 2. The average Bonchev–Trinajstić information content (AvgIpc) is 2.30. The van der Waals surface area contributed by atoms with E-state index in [0.29, 0.717) is 5.01 Å². The van der Waals surface area contributed by atoms with Crippen LogP contribution in [0.25, 0.3) is 0 Å². The predicted octanol–water partition coefficient (Wildman–Crippen LogP) is 1.74. The van der Waals surface area contributed by atoms with E-state index in [9.17, 15) is 10.1 Å². The molecule has 0 spiro atoms. The summed E-state index contributed by atoms with van der Waals surface area (Å²) in [5, 5.41) is 18.0. The van der Waals surface area contributed by atoms with E-state index in [1.165, 1.54) is 0 Å². The molecule has 0 unspecified atom stereocenters. The Morgan fingerprint density at radius 3 is 2.25 bits per heavy atom. The van der Waals surface area contributed by atoms with E-state index in [0.717, 1.165) is 11.3 Å². The third-order valence-corrected chi connectivity index (χ3v) is 2.51. The van der Waals surface area contributed by atoms with Crippen LogP contribution in [0, 0.1) is 10.1 Å². The molecule has 0 atom stereocenters. The summed E-state index contributed by atoms with van der Waals surface area (Å²) in [7, 11) is 0. The fourth-order valence-corrected chi connectivity index (χ4v) is 1.31. The van der Waals surface area contributed by atoms with Crippen LogP contribution in [0.2, 0.25) is 0 Å².